The second-order valence-corrected chi connectivity index (χ2v) is 3.27. The molecule has 1 aromatic rings. The zero-order chi connectivity index (χ0) is 11.6. The van der Waals surface area contributed by atoms with Crippen molar-refractivity contribution in [1.29, 1.82) is 0 Å². The van der Waals surface area contributed by atoms with Crippen molar-refractivity contribution in [2.45, 2.75) is 0 Å². The zero-order valence-corrected chi connectivity index (χ0v) is 9.02. The van der Waals surface area contributed by atoms with E-state index in [-0.39, 0.29) is 16.6 Å². The maximum absolute atomic E-state index is 11.4. The number of nitrogens with two attached hydrogens (primary N) is 1. The Balaban J connectivity index is 3.52. The second-order valence-electron chi connectivity index (χ2n) is 2.71. The van der Waals surface area contributed by atoms with E-state index < -0.39 is 22.1 Å². The number of nitro groups is 1. The minimum atomic E-state index is -0.832. The van der Waals surface area contributed by atoms with Gasteiger partial charge in [-0.2, -0.15) is 0 Å². The van der Waals surface area contributed by atoms with Crippen LogP contribution >= 0.6 is 15.9 Å². The van der Waals surface area contributed by atoms with E-state index in [4.69, 9.17) is 5.73 Å². The Bertz CT molecular complexity index is 433. The summed E-state index contributed by atoms with van der Waals surface area (Å²) in [5.74, 6) is -1.12. The number of phenolic OH excluding ortho intramolecular Hbond substituents is 1. The van der Waals surface area contributed by atoms with E-state index in [2.05, 4.69) is 15.9 Å². The van der Waals surface area contributed by atoms with Crippen LogP contribution in [0, 0.1) is 10.1 Å². The van der Waals surface area contributed by atoms with Crippen LogP contribution in [0.3, 0.4) is 0 Å². The lowest BCUT2D eigenvalue weighted by atomic mass is 10.1. The summed E-state index contributed by atoms with van der Waals surface area (Å²) in [6.07, 6.45) is 0. The van der Waals surface area contributed by atoms with Gasteiger partial charge in [-0.15, -0.1) is 0 Å². The first-order valence-electron chi connectivity index (χ1n) is 3.84. The summed E-state index contributed by atoms with van der Waals surface area (Å²) in [5, 5.41) is 19.8. The summed E-state index contributed by atoms with van der Waals surface area (Å²) in [4.78, 5) is 21.2. The number of alkyl halides is 1. The fraction of sp³-hybridized carbons (Fsp3) is 0.125. The van der Waals surface area contributed by atoms with Crippen molar-refractivity contribution in [2.24, 2.45) is 0 Å². The van der Waals surface area contributed by atoms with Crippen LogP contribution in [-0.4, -0.2) is 21.1 Å². The molecule has 0 aliphatic heterocycles. The van der Waals surface area contributed by atoms with Crippen molar-refractivity contribution in [3.05, 3.63) is 27.8 Å². The molecule has 0 aliphatic carbocycles. The summed E-state index contributed by atoms with van der Waals surface area (Å²) in [6.45, 7) is 0. The monoisotopic (exact) mass is 274 g/mol. The topological polar surface area (TPSA) is 106 Å². The maximum atomic E-state index is 11.4. The Hall–Kier alpha value is -1.63. The minimum absolute atomic E-state index is 0.0241. The van der Waals surface area contributed by atoms with Crippen molar-refractivity contribution >= 4 is 33.1 Å². The molecule has 0 spiro atoms. The molecule has 0 atom stereocenters. The number of nitro benzene ring substituents is 1. The van der Waals surface area contributed by atoms with Crippen molar-refractivity contribution in [1.82, 2.24) is 0 Å². The molecule has 0 bridgehead atoms. The predicted molar refractivity (Wildman–Crippen MR) is 57.3 cm³/mol. The third-order valence-electron chi connectivity index (χ3n) is 1.77. The van der Waals surface area contributed by atoms with Gasteiger partial charge in [0.2, 0.25) is 0 Å². The van der Waals surface area contributed by atoms with Crippen LogP contribution < -0.4 is 5.73 Å². The van der Waals surface area contributed by atoms with E-state index in [0.717, 1.165) is 6.07 Å². The zero-order valence-electron chi connectivity index (χ0n) is 7.44. The van der Waals surface area contributed by atoms with Crippen LogP contribution in [0.15, 0.2) is 12.1 Å². The van der Waals surface area contributed by atoms with Gasteiger partial charge in [0.25, 0.3) is 0 Å². The van der Waals surface area contributed by atoms with Crippen LogP contribution in [0.5, 0.6) is 5.75 Å². The number of hydrogen-bond acceptors (Lipinski definition) is 5. The van der Waals surface area contributed by atoms with E-state index in [0.29, 0.717) is 0 Å². The molecule has 0 radical (unpaired) electrons. The van der Waals surface area contributed by atoms with Gasteiger partial charge >= 0.3 is 5.69 Å². The van der Waals surface area contributed by atoms with Crippen LogP contribution in [-0.2, 0) is 0 Å². The number of anilines is 1. The molecule has 80 valence electrons. The fourth-order valence-electron chi connectivity index (χ4n) is 1.14. The number of carbonyl (C=O) groups excluding carboxylic acids is 1. The molecule has 3 N–H and O–H groups in total. The highest BCUT2D eigenvalue weighted by atomic mass is 79.9. The number of aromatic hydroxyl groups is 1. The number of nitrogens with zero attached hydrogens (tertiary/aromatic N) is 1. The molecular formula is C8H7BrN2O4. The van der Waals surface area contributed by atoms with Gasteiger partial charge in [0.1, 0.15) is 5.56 Å². The molecule has 0 amide bonds. The Morgan fingerprint density at radius 3 is 2.67 bits per heavy atom. The van der Waals surface area contributed by atoms with Crippen molar-refractivity contribution in [3.8, 4) is 5.75 Å². The maximum Gasteiger partial charge on any atom is 0.323 e. The molecule has 0 aliphatic rings. The Kier molecular flexibility index (Phi) is 3.25. The van der Waals surface area contributed by atoms with Gasteiger partial charge in [-0.3, -0.25) is 14.9 Å². The van der Waals surface area contributed by atoms with Gasteiger partial charge in [-0.25, -0.2) is 0 Å². The van der Waals surface area contributed by atoms with E-state index in [1.54, 1.807) is 0 Å². The Morgan fingerprint density at radius 2 is 2.20 bits per heavy atom. The van der Waals surface area contributed by atoms with Crippen molar-refractivity contribution < 1.29 is 14.8 Å². The number of hydrogen-bond donors (Lipinski definition) is 2. The summed E-state index contributed by atoms with van der Waals surface area (Å²) < 4.78 is 0. The fourth-order valence-corrected chi connectivity index (χ4v) is 1.42. The molecule has 6 nitrogen and oxygen atoms in total. The first-order valence-corrected chi connectivity index (χ1v) is 4.96. The van der Waals surface area contributed by atoms with Gasteiger partial charge in [-0.05, 0) is 12.1 Å². The molecule has 7 heteroatoms. The highest BCUT2D eigenvalue weighted by Crippen LogP contribution is 2.34. The van der Waals surface area contributed by atoms with E-state index in [1.807, 2.05) is 0 Å². The Labute approximate surface area is 93.0 Å². The lowest BCUT2D eigenvalue weighted by molar-refractivity contribution is -0.386. The summed E-state index contributed by atoms with van der Waals surface area (Å²) >= 11 is 2.88. The summed E-state index contributed by atoms with van der Waals surface area (Å²) in [7, 11) is 0. The number of rotatable bonds is 3. The van der Waals surface area contributed by atoms with Crippen LogP contribution in [0.1, 0.15) is 10.4 Å². The lowest BCUT2D eigenvalue weighted by Crippen LogP contribution is -2.08. The van der Waals surface area contributed by atoms with E-state index in [1.165, 1.54) is 6.07 Å². The second kappa shape index (κ2) is 4.26. The first-order chi connectivity index (χ1) is 6.99. The number of nitrogen functional groups attached to an aromatic ring is 1. The SMILES string of the molecule is Nc1ccc(O)c([N+](=O)[O-])c1C(=O)CBr. The molecule has 15 heavy (non-hydrogen) atoms. The predicted octanol–water partition coefficient (Wildman–Crippen LogP) is 1.46. The highest BCUT2D eigenvalue weighted by molar-refractivity contribution is 9.09. The minimum Gasteiger partial charge on any atom is -0.502 e. The molecule has 0 saturated carbocycles. The van der Waals surface area contributed by atoms with Gasteiger partial charge in [0.05, 0.1) is 10.3 Å². The Morgan fingerprint density at radius 1 is 1.60 bits per heavy atom. The lowest BCUT2D eigenvalue weighted by Gasteiger charge is -2.05. The summed E-state index contributed by atoms with van der Waals surface area (Å²) in [6, 6.07) is 2.33. The van der Waals surface area contributed by atoms with Gasteiger partial charge in [-0.1, -0.05) is 15.9 Å². The van der Waals surface area contributed by atoms with E-state index in [9.17, 15) is 20.0 Å². The number of carbonyl (C=O) groups is 1. The largest absolute Gasteiger partial charge is 0.502 e. The molecular weight excluding hydrogens is 268 g/mol. The number of ketones is 1. The highest BCUT2D eigenvalue weighted by Gasteiger charge is 2.26. The number of benzene rings is 1. The van der Waals surface area contributed by atoms with Crippen molar-refractivity contribution in [3.63, 3.8) is 0 Å². The average molecular weight is 275 g/mol. The molecule has 1 rings (SSSR count). The molecule has 0 heterocycles. The van der Waals surface area contributed by atoms with E-state index >= 15 is 0 Å². The number of phenols is 1. The molecule has 1 aromatic carbocycles. The van der Waals surface area contributed by atoms with Gasteiger partial charge in [0, 0.05) is 5.69 Å². The van der Waals surface area contributed by atoms with Crippen LogP contribution in [0.2, 0.25) is 0 Å². The summed E-state index contributed by atoms with van der Waals surface area (Å²) in [5.41, 5.74) is 4.50. The van der Waals surface area contributed by atoms with Crippen molar-refractivity contribution in [2.75, 3.05) is 11.1 Å². The third-order valence-corrected chi connectivity index (χ3v) is 2.28. The number of halogens is 1. The standard InChI is InChI=1S/C8H7BrN2O4/c9-3-6(13)7-4(10)1-2-5(12)8(7)11(14)15/h1-2,12H,3,10H2. The average Bonchev–Trinajstić information content (AvgIpc) is 2.19. The van der Waals surface area contributed by atoms with Gasteiger partial charge < -0.3 is 10.8 Å². The molecule has 0 fully saturated rings. The normalized spacial score (nSPS) is 9.93. The van der Waals surface area contributed by atoms with Gasteiger partial charge in [0.15, 0.2) is 11.5 Å². The first kappa shape index (κ1) is 11.4. The third kappa shape index (κ3) is 2.07. The number of Topliss-reactive ketones (excluding diaryl/α,β-unsaturated/α-hetero) is 1. The van der Waals surface area contributed by atoms with Crippen LogP contribution in [0.4, 0.5) is 11.4 Å². The quantitative estimate of drug-likeness (QED) is 0.217. The smallest absolute Gasteiger partial charge is 0.323 e. The molecule has 0 aromatic heterocycles. The molecule has 0 saturated heterocycles. The van der Waals surface area contributed by atoms with Crippen LogP contribution in [0.25, 0.3) is 0 Å². The molecule has 0 unspecified atom stereocenters.